The van der Waals surface area contributed by atoms with Crippen molar-refractivity contribution >= 4 is 35.1 Å². The Kier molecular flexibility index (Phi) is 8.61. The fourth-order valence-electron chi connectivity index (χ4n) is 2.84. The van der Waals surface area contributed by atoms with Crippen LogP contribution in [0.1, 0.15) is 19.2 Å². The van der Waals surface area contributed by atoms with Crippen molar-refractivity contribution < 1.29 is 9.53 Å². The standard InChI is InChI=1S/C23H26N4O2S2/c1-4-15-27-21(16-30-19-9-7-6-8-10-19)25-26-23(27)31-20(5-2)22(28)24-17-11-13-18(29-3)14-12-17/h4,6-14,20H,1,5,15-16H2,2-3H3,(H,24,28). The monoisotopic (exact) mass is 454 g/mol. The number of anilines is 1. The molecule has 0 saturated carbocycles. The lowest BCUT2D eigenvalue weighted by atomic mass is 10.2. The fraction of sp³-hybridized carbons (Fsp3) is 0.261. The van der Waals surface area contributed by atoms with Gasteiger partial charge in [0.25, 0.3) is 0 Å². The van der Waals surface area contributed by atoms with Crippen LogP contribution in [0.3, 0.4) is 0 Å². The second-order valence-corrected chi connectivity index (χ2v) is 8.85. The highest BCUT2D eigenvalue weighted by molar-refractivity contribution is 8.00. The minimum absolute atomic E-state index is 0.0639. The van der Waals surface area contributed by atoms with E-state index in [1.807, 2.05) is 60.0 Å². The quantitative estimate of drug-likeness (QED) is 0.314. The number of hydrogen-bond donors (Lipinski definition) is 1. The molecule has 1 heterocycles. The molecule has 31 heavy (non-hydrogen) atoms. The fourth-order valence-corrected chi connectivity index (χ4v) is 4.68. The molecule has 0 radical (unpaired) electrons. The molecule has 162 valence electrons. The molecule has 2 aromatic carbocycles. The van der Waals surface area contributed by atoms with Crippen molar-refractivity contribution in [2.45, 2.75) is 40.9 Å². The van der Waals surface area contributed by atoms with Crippen LogP contribution in [-0.2, 0) is 17.1 Å². The number of benzene rings is 2. The van der Waals surface area contributed by atoms with Crippen LogP contribution in [0.5, 0.6) is 5.75 Å². The van der Waals surface area contributed by atoms with Gasteiger partial charge in [-0.15, -0.1) is 28.5 Å². The smallest absolute Gasteiger partial charge is 0.237 e. The summed E-state index contributed by atoms with van der Waals surface area (Å²) in [5.74, 6) is 2.24. The van der Waals surface area contributed by atoms with Crippen molar-refractivity contribution in [1.29, 1.82) is 0 Å². The third kappa shape index (κ3) is 6.38. The molecule has 0 aliphatic heterocycles. The number of thioether (sulfide) groups is 2. The van der Waals surface area contributed by atoms with E-state index in [4.69, 9.17) is 4.74 Å². The van der Waals surface area contributed by atoms with E-state index < -0.39 is 0 Å². The number of carbonyl (C=O) groups is 1. The van der Waals surface area contributed by atoms with Gasteiger partial charge in [0.05, 0.1) is 18.1 Å². The first-order valence-corrected chi connectivity index (χ1v) is 11.8. The maximum absolute atomic E-state index is 12.8. The maximum atomic E-state index is 12.8. The zero-order chi connectivity index (χ0) is 22.1. The van der Waals surface area contributed by atoms with Crippen molar-refractivity contribution in [3.63, 3.8) is 0 Å². The number of rotatable bonds is 11. The van der Waals surface area contributed by atoms with Gasteiger partial charge in [-0.05, 0) is 42.8 Å². The molecule has 1 amide bonds. The Morgan fingerprint density at radius 1 is 1.19 bits per heavy atom. The Morgan fingerprint density at radius 2 is 1.94 bits per heavy atom. The van der Waals surface area contributed by atoms with Crippen LogP contribution in [0.25, 0.3) is 0 Å². The first-order chi connectivity index (χ1) is 15.1. The van der Waals surface area contributed by atoms with Gasteiger partial charge in [-0.1, -0.05) is 43.0 Å². The molecule has 1 atom stereocenters. The summed E-state index contributed by atoms with van der Waals surface area (Å²) < 4.78 is 7.19. The van der Waals surface area contributed by atoms with Crippen LogP contribution in [0, 0.1) is 0 Å². The SMILES string of the molecule is C=CCn1c(CSc2ccccc2)nnc1SC(CC)C(=O)Nc1ccc(OC)cc1. The molecule has 1 N–H and O–H groups in total. The second-order valence-electron chi connectivity index (χ2n) is 6.63. The number of nitrogens with zero attached hydrogens (tertiary/aromatic N) is 3. The lowest BCUT2D eigenvalue weighted by molar-refractivity contribution is -0.115. The zero-order valence-corrected chi connectivity index (χ0v) is 19.3. The second kappa shape index (κ2) is 11.6. The van der Waals surface area contributed by atoms with Crippen LogP contribution < -0.4 is 10.1 Å². The normalized spacial score (nSPS) is 11.7. The van der Waals surface area contributed by atoms with Gasteiger partial charge in [0.1, 0.15) is 11.6 Å². The number of aromatic nitrogens is 3. The van der Waals surface area contributed by atoms with E-state index in [-0.39, 0.29) is 11.2 Å². The molecule has 3 rings (SSSR count). The lowest BCUT2D eigenvalue weighted by Crippen LogP contribution is -2.25. The third-order valence-electron chi connectivity index (χ3n) is 4.48. The predicted molar refractivity (Wildman–Crippen MR) is 128 cm³/mol. The molecule has 0 bridgehead atoms. The number of nitrogens with one attached hydrogen (secondary N) is 1. The highest BCUT2D eigenvalue weighted by Crippen LogP contribution is 2.28. The topological polar surface area (TPSA) is 69.0 Å². The van der Waals surface area contributed by atoms with Gasteiger partial charge in [0, 0.05) is 17.1 Å². The minimum atomic E-state index is -0.288. The molecule has 8 heteroatoms. The van der Waals surface area contributed by atoms with Crippen LogP contribution >= 0.6 is 23.5 Å². The Balaban J connectivity index is 1.68. The number of amides is 1. The summed E-state index contributed by atoms with van der Waals surface area (Å²) in [5.41, 5.74) is 0.734. The Morgan fingerprint density at radius 3 is 2.58 bits per heavy atom. The summed E-state index contributed by atoms with van der Waals surface area (Å²) in [4.78, 5) is 14.0. The summed E-state index contributed by atoms with van der Waals surface area (Å²) in [6, 6.07) is 17.5. The zero-order valence-electron chi connectivity index (χ0n) is 17.7. The Bertz CT molecular complexity index is 991. The average molecular weight is 455 g/mol. The first kappa shape index (κ1) is 23.0. The van der Waals surface area contributed by atoms with Crippen LogP contribution in [0.4, 0.5) is 5.69 Å². The number of allylic oxidation sites excluding steroid dienone is 1. The first-order valence-electron chi connectivity index (χ1n) is 9.97. The molecule has 6 nitrogen and oxygen atoms in total. The van der Waals surface area contributed by atoms with Gasteiger partial charge in [-0.3, -0.25) is 4.79 Å². The summed E-state index contributed by atoms with van der Waals surface area (Å²) in [6.07, 6.45) is 2.49. The maximum Gasteiger partial charge on any atom is 0.237 e. The number of hydrogen-bond acceptors (Lipinski definition) is 6. The van der Waals surface area contributed by atoms with E-state index >= 15 is 0 Å². The summed E-state index contributed by atoms with van der Waals surface area (Å²) in [6.45, 7) is 6.44. The molecule has 1 unspecified atom stereocenters. The van der Waals surface area contributed by atoms with E-state index in [0.717, 1.165) is 22.4 Å². The molecule has 0 aliphatic carbocycles. The Labute approximate surface area is 191 Å². The third-order valence-corrected chi connectivity index (χ3v) is 6.84. The van der Waals surface area contributed by atoms with Crippen molar-refractivity contribution in [1.82, 2.24) is 14.8 Å². The number of ether oxygens (including phenoxy) is 1. The van der Waals surface area contributed by atoms with Crippen LogP contribution in [0.15, 0.2) is 77.3 Å². The lowest BCUT2D eigenvalue weighted by Gasteiger charge is -2.15. The van der Waals surface area contributed by atoms with Gasteiger partial charge >= 0.3 is 0 Å². The van der Waals surface area contributed by atoms with E-state index in [0.29, 0.717) is 18.7 Å². The van der Waals surface area contributed by atoms with Crippen LogP contribution in [0.2, 0.25) is 0 Å². The molecule has 0 fully saturated rings. The predicted octanol–water partition coefficient (Wildman–Crippen LogP) is 5.27. The molecule has 1 aromatic heterocycles. The largest absolute Gasteiger partial charge is 0.497 e. The van der Waals surface area contributed by atoms with Gasteiger partial charge < -0.3 is 14.6 Å². The number of carbonyl (C=O) groups excluding carboxylic acids is 1. The minimum Gasteiger partial charge on any atom is -0.497 e. The highest BCUT2D eigenvalue weighted by Gasteiger charge is 2.22. The van der Waals surface area contributed by atoms with E-state index in [2.05, 4.69) is 34.2 Å². The molecular weight excluding hydrogens is 428 g/mol. The van der Waals surface area contributed by atoms with Gasteiger partial charge in [-0.2, -0.15) is 0 Å². The van der Waals surface area contributed by atoms with E-state index in [1.54, 1.807) is 18.9 Å². The van der Waals surface area contributed by atoms with Crippen molar-refractivity contribution in [3.05, 3.63) is 73.1 Å². The van der Waals surface area contributed by atoms with Crippen molar-refractivity contribution in [3.8, 4) is 5.75 Å². The van der Waals surface area contributed by atoms with Gasteiger partial charge in [0.15, 0.2) is 5.16 Å². The molecule has 0 aliphatic rings. The average Bonchev–Trinajstić information content (AvgIpc) is 3.18. The van der Waals surface area contributed by atoms with E-state index in [1.165, 1.54) is 16.7 Å². The Hall–Kier alpha value is -2.71. The van der Waals surface area contributed by atoms with Gasteiger partial charge in [0.2, 0.25) is 5.91 Å². The summed E-state index contributed by atoms with van der Waals surface area (Å²) in [5, 5.41) is 12.2. The van der Waals surface area contributed by atoms with Gasteiger partial charge in [-0.25, -0.2) is 0 Å². The molecular formula is C23H26N4O2S2. The highest BCUT2D eigenvalue weighted by atomic mass is 32.2. The molecule has 0 spiro atoms. The van der Waals surface area contributed by atoms with Crippen molar-refractivity contribution in [2.75, 3.05) is 12.4 Å². The molecule has 3 aromatic rings. The summed E-state index contributed by atoms with van der Waals surface area (Å²) >= 11 is 3.13. The van der Waals surface area contributed by atoms with E-state index in [9.17, 15) is 4.79 Å². The number of methoxy groups -OCH3 is 1. The van der Waals surface area contributed by atoms with Crippen LogP contribution in [-0.4, -0.2) is 33.0 Å². The van der Waals surface area contributed by atoms with Crippen molar-refractivity contribution in [2.24, 2.45) is 0 Å². The summed E-state index contributed by atoms with van der Waals surface area (Å²) in [7, 11) is 1.61. The molecule has 0 saturated heterocycles.